The topological polar surface area (TPSA) is 120 Å². The average molecular weight is 477 g/mol. The Bertz CT molecular complexity index is 1280. The Labute approximate surface area is 179 Å². The summed E-state index contributed by atoms with van der Waals surface area (Å²) in [7, 11) is -3.43. The second kappa shape index (κ2) is 8.38. The second-order valence-corrected chi connectivity index (χ2v) is 9.06. The zero-order valence-corrected chi connectivity index (χ0v) is 17.8. The van der Waals surface area contributed by atoms with E-state index in [9.17, 15) is 26.4 Å². The molecule has 3 heterocycles. The molecule has 31 heavy (non-hydrogen) atoms. The van der Waals surface area contributed by atoms with Gasteiger partial charge in [0.25, 0.3) is 5.56 Å². The lowest BCUT2D eigenvalue weighted by Crippen LogP contribution is -2.35. The highest BCUT2D eigenvalue weighted by Gasteiger charge is 2.39. The Morgan fingerprint density at radius 2 is 1.90 bits per heavy atom. The number of nitrogens with one attached hydrogen (secondary N) is 1. The highest BCUT2D eigenvalue weighted by atomic mass is 35.5. The molecule has 0 aliphatic heterocycles. The van der Waals surface area contributed by atoms with Gasteiger partial charge in [-0.15, -0.1) is 0 Å². The van der Waals surface area contributed by atoms with Crippen molar-refractivity contribution in [3.8, 4) is 0 Å². The quantitative estimate of drug-likeness (QED) is 0.539. The number of sulfone groups is 1. The van der Waals surface area contributed by atoms with Crippen molar-refractivity contribution in [2.45, 2.75) is 37.5 Å². The van der Waals surface area contributed by atoms with E-state index in [0.29, 0.717) is 10.3 Å². The van der Waals surface area contributed by atoms with Crippen molar-refractivity contribution in [3.63, 3.8) is 0 Å². The van der Waals surface area contributed by atoms with Crippen molar-refractivity contribution in [1.82, 2.24) is 24.5 Å². The van der Waals surface area contributed by atoms with E-state index in [-0.39, 0.29) is 39.5 Å². The fourth-order valence-corrected chi connectivity index (χ4v) is 3.59. The van der Waals surface area contributed by atoms with E-state index in [2.05, 4.69) is 25.3 Å². The van der Waals surface area contributed by atoms with E-state index >= 15 is 0 Å². The van der Waals surface area contributed by atoms with Gasteiger partial charge >= 0.3 is 6.18 Å². The number of nitrogens with zero attached hydrogens (tertiary/aromatic N) is 5. The minimum Gasteiger partial charge on any atom is -0.360 e. The summed E-state index contributed by atoms with van der Waals surface area (Å²) in [6, 6.07) is 0.584. The third kappa shape index (κ3) is 4.77. The maximum absolute atomic E-state index is 13.4. The molecule has 1 atom stereocenters. The maximum Gasteiger partial charge on any atom is 0.409 e. The van der Waals surface area contributed by atoms with Gasteiger partial charge in [-0.1, -0.05) is 6.92 Å². The van der Waals surface area contributed by atoms with Crippen LogP contribution in [-0.2, 0) is 16.4 Å². The molecule has 0 amide bonds. The molecular weight excluding hydrogens is 461 g/mol. The van der Waals surface area contributed by atoms with Crippen LogP contribution in [0.2, 0.25) is 5.28 Å². The summed E-state index contributed by atoms with van der Waals surface area (Å²) in [6.07, 6.45) is -2.45. The van der Waals surface area contributed by atoms with Crippen molar-refractivity contribution in [2.75, 3.05) is 11.1 Å². The lowest BCUT2D eigenvalue weighted by atomic mass is 10.3. The van der Waals surface area contributed by atoms with Gasteiger partial charge in [0.2, 0.25) is 5.28 Å². The first-order valence-electron chi connectivity index (χ1n) is 8.87. The van der Waals surface area contributed by atoms with Gasteiger partial charge in [-0.3, -0.25) is 14.3 Å². The monoisotopic (exact) mass is 476 g/mol. The van der Waals surface area contributed by atoms with Gasteiger partial charge in [-0.25, -0.2) is 18.4 Å². The zero-order valence-electron chi connectivity index (χ0n) is 16.2. The molecule has 0 spiro atoms. The van der Waals surface area contributed by atoms with Crippen LogP contribution in [0.25, 0.3) is 11.2 Å². The van der Waals surface area contributed by atoms with Crippen molar-refractivity contribution in [2.24, 2.45) is 0 Å². The van der Waals surface area contributed by atoms with Crippen LogP contribution in [-0.4, -0.2) is 44.8 Å². The Hall–Kier alpha value is -2.80. The first-order valence-corrected chi connectivity index (χ1v) is 10.9. The van der Waals surface area contributed by atoms with Gasteiger partial charge in [0.05, 0.1) is 29.1 Å². The number of aromatic nitrogens is 5. The van der Waals surface area contributed by atoms with E-state index in [1.165, 1.54) is 25.3 Å². The lowest BCUT2D eigenvalue weighted by molar-refractivity contribution is -0.162. The molecule has 0 aromatic carbocycles. The Morgan fingerprint density at radius 3 is 2.48 bits per heavy atom. The summed E-state index contributed by atoms with van der Waals surface area (Å²) in [5, 5.41) is 2.31. The van der Waals surface area contributed by atoms with E-state index < -0.39 is 27.6 Å². The van der Waals surface area contributed by atoms with Crippen molar-refractivity contribution < 1.29 is 21.6 Å². The summed E-state index contributed by atoms with van der Waals surface area (Å²) in [6.45, 7) is 2.23. The second-order valence-electron chi connectivity index (χ2n) is 6.44. The zero-order chi connectivity index (χ0) is 23.0. The summed E-state index contributed by atoms with van der Waals surface area (Å²) in [4.78, 5) is 28.2. The standard InChI is InChI=1S/C17H16ClF3N6O3S/c1-3-31(29,30)11-5-4-10(22-7-11)6-23-13-15(28)27(9(2)17(19,20)21)14-12(25-13)8-24-16(18)26-14/h4-5,7-9H,3,6H2,1-2H3,(H,23,25)/t9-/m1/s1. The summed E-state index contributed by atoms with van der Waals surface area (Å²) in [5.41, 5.74) is -1.14. The van der Waals surface area contributed by atoms with Gasteiger partial charge in [0.1, 0.15) is 11.6 Å². The molecule has 0 bridgehead atoms. The molecular formula is C17H16ClF3N6O3S. The van der Waals surface area contributed by atoms with E-state index in [1.807, 2.05) is 0 Å². The van der Waals surface area contributed by atoms with Crippen LogP contribution in [0.5, 0.6) is 0 Å². The number of hydrogen-bond donors (Lipinski definition) is 1. The van der Waals surface area contributed by atoms with Crippen LogP contribution in [0.15, 0.2) is 34.2 Å². The molecule has 0 aliphatic carbocycles. The first kappa shape index (κ1) is 22.9. The number of halogens is 4. The number of hydrogen-bond acceptors (Lipinski definition) is 8. The third-order valence-electron chi connectivity index (χ3n) is 4.44. The van der Waals surface area contributed by atoms with Gasteiger partial charge < -0.3 is 5.32 Å². The van der Waals surface area contributed by atoms with Crippen LogP contribution in [0.3, 0.4) is 0 Å². The molecule has 3 aromatic rings. The molecule has 14 heteroatoms. The Kier molecular flexibility index (Phi) is 6.18. The smallest absolute Gasteiger partial charge is 0.360 e. The number of rotatable bonds is 6. The third-order valence-corrected chi connectivity index (χ3v) is 6.34. The molecule has 0 saturated heterocycles. The number of fused-ring (bicyclic) bond motifs is 1. The van der Waals surface area contributed by atoms with Crippen molar-refractivity contribution >= 4 is 38.4 Å². The summed E-state index contributed by atoms with van der Waals surface area (Å²) >= 11 is 5.68. The van der Waals surface area contributed by atoms with Gasteiger partial charge in [0.15, 0.2) is 21.3 Å². The molecule has 1 N–H and O–H groups in total. The molecule has 9 nitrogen and oxygen atoms in total. The highest BCUT2D eigenvalue weighted by Crippen LogP contribution is 2.31. The molecule has 166 valence electrons. The molecule has 0 fully saturated rings. The number of alkyl halides is 3. The lowest BCUT2D eigenvalue weighted by Gasteiger charge is -2.20. The normalized spacial score (nSPS) is 13.4. The van der Waals surface area contributed by atoms with E-state index in [1.54, 1.807) is 0 Å². The van der Waals surface area contributed by atoms with Crippen LogP contribution >= 0.6 is 11.6 Å². The van der Waals surface area contributed by atoms with Crippen molar-refractivity contribution in [1.29, 1.82) is 0 Å². The SMILES string of the molecule is CCS(=O)(=O)c1ccc(CNc2nc3cnc(Cl)nc3n([C@H](C)C(F)(F)F)c2=O)nc1. The molecule has 0 radical (unpaired) electrons. The van der Waals surface area contributed by atoms with Gasteiger partial charge in [-0.05, 0) is 30.7 Å². The first-order chi connectivity index (χ1) is 14.4. The molecule has 0 unspecified atom stereocenters. The van der Waals surface area contributed by atoms with E-state index in [4.69, 9.17) is 11.6 Å². The predicted molar refractivity (Wildman–Crippen MR) is 107 cm³/mol. The average Bonchev–Trinajstić information content (AvgIpc) is 2.71. The van der Waals surface area contributed by atoms with Gasteiger partial charge in [0, 0.05) is 6.20 Å². The summed E-state index contributed by atoms with van der Waals surface area (Å²) in [5.74, 6) is -0.461. The highest BCUT2D eigenvalue weighted by molar-refractivity contribution is 7.91. The molecule has 0 aliphatic rings. The Balaban J connectivity index is 1.99. The fourth-order valence-electron chi connectivity index (χ4n) is 2.64. The number of pyridine rings is 1. The predicted octanol–water partition coefficient (Wildman–Crippen LogP) is 2.76. The Morgan fingerprint density at radius 1 is 1.19 bits per heavy atom. The molecule has 0 saturated carbocycles. The summed E-state index contributed by atoms with van der Waals surface area (Å²) < 4.78 is 64.2. The molecule has 3 aromatic heterocycles. The fraction of sp³-hybridized carbons (Fsp3) is 0.353. The van der Waals surface area contributed by atoms with Gasteiger partial charge in [-0.2, -0.15) is 18.2 Å². The van der Waals surface area contributed by atoms with Crippen LogP contribution in [0, 0.1) is 0 Å². The maximum atomic E-state index is 13.4. The molecule has 3 rings (SSSR count). The van der Waals surface area contributed by atoms with Crippen LogP contribution in [0.1, 0.15) is 25.6 Å². The van der Waals surface area contributed by atoms with Crippen LogP contribution in [0.4, 0.5) is 19.0 Å². The largest absolute Gasteiger partial charge is 0.409 e. The number of anilines is 1. The van der Waals surface area contributed by atoms with E-state index in [0.717, 1.165) is 13.1 Å². The van der Waals surface area contributed by atoms with Crippen LogP contribution < -0.4 is 10.9 Å². The van der Waals surface area contributed by atoms with Crippen molar-refractivity contribution in [3.05, 3.63) is 45.9 Å². The minimum absolute atomic E-state index is 0.0398. The minimum atomic E-state index is -4.73.